The molecule has 1 rings (SSSR count). The largest absolute Gasteiger partial charge is 0.241 e. The smallest absolute Gasteiger partial charge is 0.211 e. The molecule has 1 N–H and O–H groups in total. The fourth-order valence-electron chi connectivity index (χ4n) is 1.63. The van der Waals surface area contributed by atoms with Gasteiger partial charge in [-0.25, -0.2) is 13.1 Å². The van der Waals surface area contributed by atoms with Gasteiger partial charge in [-0.1, -0.05) is 38.3 Å². The summed E-state index contributed by atoms with van der Waals surface area (Å²) in [4.78, 5) is 0.0583. The van der Waals surface area contributed by atoms with Crippen LogP contribution in [0, 0.1) is 11.3 Å². The van der Waals surface area contributed by atoms with E-state index < -0.39 is 10.0 Å². The minimum absolute atomic E-state index is 0.0583. The van der Waals surface area contributed by atoms with Crippen molar-refractivity contribution in [2.45, 2.75) is 37.5 Å². The van der Waals surface area contributed by atoms with Crippen LogP contribution in [0.15, 0.2) is 29.2 Å². The van der Waals surface area contributed by atoms with E-state index in [1.54, 1.807) is 12.1 Å². The summed E-state index contributed by atoms with van der Waals surface area (Å²) in [5.74, 6) is 0. The number of benzene rings is 1. The lowest BCUT2D eigenvalue weighted by Crippen LogP contribution is -2.25. The molecule has 0 bridgehead atoms. The van der Waals surface area contributed by atoms with Gasteiger partial charge >= 0.3 is 0 Å². The summed E-state index contributed by atoms with van der Waals surface area (Å²) in [6, 6.07) is 8.12. The summed E-state index contributed by atoms with van der Waals surface area (Å²) >= 11 is 0. The van der Waals surface area contributed by atoms with Gasteiger partial charge in [-0.15, -0.1) is 0 Å². The predicted molar refractivity (Wildman–Crippen MR) is 70.5 cm³/mol. The highest BCUT2D eigenvalue weighted by Crippen LogP contribution is 2.14. The van der Waals surface area contributed by atoms with E-state index in [1.807, 2.05) is 6.07 Å². The fourth-order valence-corrected chi connectivity index (χ4v) is 2.86. The lowest BCUT2D eigenvalue weighted by molar-refractivity contribution is 0.573. The van der Waals surface area contributed by atoms with Gasteiger partial charge in [-0.05, 0) is 18.6 Å². The Morgan fingerprint density at radius 3 is 2.61 bits per heavy atom. The lowest BCUT2D eigenvalue weighted by atomic mass is 10.2. The van der Waals surface area contributed by atoms with Crippen LogP contribution in [-0.4, -0.2) is 15.0 Å². The Morgan fingerprint density at radius 2 is 1.94 bits per heavy atom. The van der Waals surface area contributed by atoms with Crippen LogP contribution < -0.4 is 4.72 Å². The summed E-state index contributed by atoms with van der Waals surface area (Å²) in [5.41, 5.74) is 0.179. The first-order chi connectivity index (χ1) is 8.61. The molecule has 0 saturated heterocycles. The standard InChI is InChI=1S/C13H18N2O2S/c1-2-3-4-7-10-15-18(16,17)13-9-6-5-8-12(13)11-14/h5-6,8-9,15H,2-4,7,10H2,1H3. The number of nitrogens with one attached hydrogen (secondary N) is 1. The number of unbranched alkanes of at least 4 members (excludes halogenated alkanes) is 3. The Bertz CT molecular complexity index is 518. The van der Waals surface area contributed by atoms with Crippen molar-refractivity contribution in [2.24, 2.45) is 0 Å². The van der Waals surface area contributed by atoms with Crippen molar-refractivity contribution in [3.8, 4) is 6.07 Å². The quantitative estimate of drug-likeness (QED) is 0.770. The Labute approximate surface area is 109 Å². The van der Waals surface area contributed by atoms with E-state index in [1.165, 1.54) is 12.1 Å². The predicted octanol–water partition coefficient (Wildman–Crippen LogP) is 2.42. The first-order valence-electron chi connectivity index (χ1n) is 6.10. The van der Waals surface area contributed by atoms with Crippen molar-refractivity contribution in [2.75, 3.05) is 6.54 Å². The summed E-state index contributed by atoms with van der Waals surface area (Å²) in [5, 5.41) is 8.88. The fraction of sp³-hybridized carbons (Fsp3) is 0.462. The zero-order valence-electron chi connectivity index (χ0n) is 10.5. The molecule has 0 amide bonds. The van der Waals surface area contributed by atoms with Crippen LogP contribution in [0.5, 0.6) is 0 Å². The molecule has 0 aliphatic rings. The van der Waals surface area contributed by atoms with Crippen molar-refractivity contribution in [3.05, 3.63) is 29.8 Å². The van der Waals surface area contributed by atoms with Crippen LogP contribution in [0.2, 0.25) is 0 Å². The number of hydrogen-bond donors (Lipinski definition) is 1. The topological polar surface area (TPSA) is 70.0 Å². The van der Waals surface area contributed by atoms with Crippen molar-refractivity contribution < 1.29 is 8.42 Å². The van der Waals surface area contributed by atoms with Crippen molar-refractivity contribution >= 4 is 10.0 Å². The maximum Gasteiger partial charge on any atom is 0.241 e. The van der Waals surface area contributed by atoms with E-state index in [0.29, 0.717) is 6.54 Å². The van der Waals surface area contributed by atoms with Crippen LogP contribution in [0.1, 0.15) is 38.2 Å². The molecule has 0 fully saturated rings. The third-order valence-corrected chi connectivity index (χ3v) is 4.14. The molecule has 18 heavy (non-hydrogen) atoms. The molecule has 1 aromatic rings. The maximum absolute atomic E-state index is 12.0. The van der Waals surface area contributed by atoms with E-state index in [-0.39, 0.29) is 10.5 Å². The molecule has 4 nitrogen and oxygen atoms in total. The Kier molecular flexibility index (Phi) is 5.83. The third-order valence-electron chi connectivity index (χ3n) is 2.62. The van der Waals surface area contributed by atoms with Gasteiger partial charge in [0.2, 0.25) is 10.0 Å². The summed E-state index contributed by atoms with van der Waals surface area (Å²) in [6.45, 7) is 2.52. The van der Waals surface area contributed by atoms with Gasteiger partial charge in [0.25, 0.3) is 0 Å². The molecule has 0 aliphatic heterocycles. The van der Waals surface area contributed by atoms with E-state index in [4.69, 9.17) is 5.26 Å². The number of nitriles is 1. The average molecular weight is 266 g/mol. The van der Waals surface area contributed by atoms with E-state index in [0.717, 1.165) is 25.7 Å². The molecule has 98 valence electrons. The van der Waals surface area contributed by atoms with Crippen LogP contribution >= 0.6 is 0 Å². The van der Waals surface area contributed by atoms with Gasteiger partial charge in [-0.2, -0.15) is 5.26 Å². The van der Waals surface area contributed by atoms with E-state index >= 15 is 0 Å². The summed E-state index contributed by atoms with van der Waals surface area (Å²) in [7, 11) is -3.56. The molecule has 0 saturated carbocycles. The van der Waals surface area contributed by atoms with Crippen molar-refractivity contribution in [1.82, 2.24) is 4.72 Å². The van der Waals surface area contributed by atoms with E-state index in [9.17, 15) is 8.42 Å². The van der Waals surface area contributed by atoms with Crippen molar-refractivity contribution in [3.63, 3.8) is 0 Å². The second-order valence-electron chi connectivity index (χ2n) is 4.07. The Hall–Kier alpha value is -1.38. The molecule has 0 aromatic heterocycles. The molecule has 0 spiro atoms. The highest BCUT2D eigenvalue weighted by Gasteiger charge is 2.16. The van der Waals surface area contributed by atoms with Gasteiger partial charge in [0.1, 0.15) is 6.07 Å². The first-order valence-corrected chi connectivity index (χ1v) is 7.59. The summed E-state index contributed by atoms with van der Waals surface area (Å²) in [6.07, 6.45) is 4.06. The first kappa shape index (κ1) is 14.7. The zero-order valence-corrected chi connectivity index (χ0v) is 11.3. The molecule has 0 atom stereocenters. The monoisotopic (exact) mass is 266 g/mol. The van der Waals surface area contributed by atoms with Crippen LogP contribution in [0.25, 0.3) is 0 Å². The average Bonchev–Trinajstić information content (AvgIpc) is 2.38. The minimum atomic E-state index is -3.56. The van der Waals surface area contributed by atoms with Gasteiger partial charge < -0.3 is 0 Å². The van der Waals surface area contributed by atoms with Crippen LogP contribution in [0.3, 0.4) is 0 Å². The second-order valence-corrected chi connectivity index (χ2v) is 5.80. The van der Waals surface area contributed by atoms with Crippen LogP contribution in [0.4, 0.5) is 0 Å². The molecular weight excluding hydrogens is 248 g/mol. The maximum atomic E-state index is 12.0. The van der Waals surface area contributed by atoms with Gasteiger partial charge in [-0.3, -0.25) is 0 Å². The highest BCUT2D eigenvalue weighted by atomic mass is 32.2. The number of hydrogen-bond acceptors (Lipinski definition) is 3. The number of sulfonamides is 1. The molecule has 5 heteroatoms. The number of rotatable bonds is 7. The highest BCUT2D eigenvalue weighted by molar-refractivity contribution is 7.89. The SMILES string of the molecule is CCCCCCNS(=O)(=O)c1ccccc1C#N. The summed E-state index contributed by atoms with van der Waals surface area (Å²) < 4.78 is 26.5. The van der Waals surface area contributed by atoms with E-state index in [2.05, 4.69) is 11.6 Å². The third kappa shape index (κ3) is 4.13. The van der Waals surface area contributed by atoms with Gasteiger partial charge in [0.15, 0.2) is 0 Å². The Balaban J connectivity index is 2.67. The van der Waals surface area contributed by atoms with Gasteiger partial charge in [0.05, 0.1) is 10.5 Å². The minimum Gasteiger partial charge on any atom is -0.211 e. The lowest BCUT2D eigenvalue weighted by Gasteiger charge is -2.07. The normalized spacial score (nSPS) is 11.1. The number of nitrogens with zero attached hydrogens (tertiary/aromatic N) is 1. The van der Waals surface area contributed by atoms with Gasteiger partial charge in [0, 0.05) is 6.54 Å². The zero-order chi connectivity index (χ0) is 13.4. The molecule has 0 radical (unpaired) electrons. The molecule has 0 aliphatic carbocycles. The molecular formula is C13H18N2O2S. The molecule has 0 heterocycles. The van der Waals surface area contributed by atoms with Crippen molar-refractivity contribution in [1.29, 1.82) is 5.26 Å². The Morgan fingerprint density at radius 1 is 1.22 bits per heavy atom. The second kappa shape index (κ2) is 7.14. The molecule has 1 aromatic carbocycles. The van der Waals surface area contributed by atoms with Crippen LogP contribution in [-0.2, 0) is 10.0 Å². The molecule has 0 unspecified atom stereocenters.